The Bertz CT molecular complexity index is 338. The largest absolute Gasteiger partial charge is 0.385 e. The van der Waals surface area contributed by atoms with Crippen LogP contribution in [0.5, 0.6) is 0 Å². The van der Waals surface area contributed by atoms with Crippen molar-refractivity contribution in [1.29, 1.82) is 0 Å². The smallest absolute Gasteiger partial charge is 0.123 e. The van der Waals surface area contributed by atoms with Crippen molar-refractivity contribution in [2.24, 2.45) is 0 Å². The minimum absolute atomic E-state index is 0.253. The molecule has 0 unspecified atom stereocenters. The van der Waals surface area contributed by atoms with Crippen molar-refractivity contribution in [3.05, 3.63) is 35.1 Å². The number of rotatable bonds is 1. The van der Waals surface area contributed by atoms with E-state index in [2.05, 4.69) is 0 Å². The quantitative estimate of drug-likeness (QED) is 0.794. The highest BCUT2D eigenvalue weighted by atomic mass is 32.2. The lowest BCUT2D eigenvalue weighted by Crippen LogP contribution is -2.30. The number of hydrogen-bond donors (Lipinski definition) is 1. The highest BCUT2D eigenvalue weighted by molar-refractivity contribution is 7.99. The highest BCUT2D eigenvalue weighted by Crippen LogP contribution is 2.36. The Hall–Kier alpha value is -0.540. The van der Waals surface area contributed by atoms with Crippen LogP contribution in [0.15, 0.2) is 18.2 Å². The summed E-state index contributed by atoms with van der Waals surface area (Å²) in [6.07, 6.45) is 1.45. The third-order valence-electron chi connectivity index (χ3n) is 2.90. The van der Waals surface area contributed by atoms with Crippen molar-refractivity contribution in [2.45, 2.75) is 25.4 Å². The second-order valence-corrected chi connectivity index (χ2v) is 5.39. The summed E-state index contributed by atoms with van der Waals surface area (Å²) in [5, 5.41) is 10.4. The van der Waals surface area contributed by atoms with Gasteiger partial charge in [0, 0.05) is 0 Å². The fourth-order valence-electron chi connectivity index (χ4n) is 2.00. The molecule has 0 aliphatic carbocycles. The molecule has 1 aromatic carbocycles. The lowest BCUT2D eigenvalue weighted by molar-refractivity contribution is 0.0277. The van der Waals surface area contributed by atoms with Gasteiger partial charge < -0.3 is 5.11 Å². The van der Waals surface area contributed by atoms with E-state index in [0.717, 1.165) is 35.5 Å². The number of halogens is 1. The van der Waals surface area contributed by atoms with Crippen molar-refractivity contribution < 1.29 is 9.50 Å². The van der Waals surface area contributed by atoms with Gasteiger partial charge in [-0.05, 0) is 54.5 Å². The summed E-state index contributed by atoms with van der Waals surface area (Å²) < 4.78 is 13.2. The van der Waals surface area contributed by atoms with Gasteiger partial charge in [0.1, 0.15) is 5.82 Å². The van der Waals surface area contributed by atoms with E-state index in [9.17, 15) is 9.50 Å². The van der Waals surface area contributed by atoms with Gasteiger partial charge in [0.2, 0.25) is 0 Å². The van der Waals surface area contributed by atoms with Crippen LogP contribution in [0.2, 0.25) is 0 Å². The van der Waals surface area contributed by atoms with Gasteiger partial charge >= 0.3 is 0 Å². The van der Waals surface area contributed by atoms with E-state index in [0.29, 0.717) is 0 Å². The Kier molecular flexibility index (Phi) is 3.03. The van der Waals surface area contributed by atoms with E-state index in [1.165, 1.54) is 12.1 Å². The standard InChI is InChI=1S/C12H15FOS/c1-9-6-10(8-11(13)7-9)12(14)2-4-15-5-3-12/h6-8,14H,2-5H2,1H3. The van der Waals surface area contributed by atoms with Gasteiger partial charge in [-0.2, -0.15) is 11.8 Å². The molecule has 1 aliphatic heterocycles. The van der Waals surface area contributed by atoms with Crippen LogP contribution >= 0.6 is 11.8 Å². The normalized spacial score (nSPS) is 20.2. The average Bonchev–Trinajstić information content (AvgIpc) is 2.17. The Balaban J connectivity index is 2.34. The van der Waals surface area contributed by atoms with Crippen molar-refractivity contribution in [2.75, 3.05) is 11.5 Å². The van der Waals surface area contributed by atoms with Crippen LogP contribution in [0.25, 0.3) is 0 Å². The molecule has 15 heavy (non-hydrogen) atoms. The summed E-state index contributed by atoms with van der Waals surface area (Å²) in [6, 6.07) is 4.84. The van der Waals surface area contributed by atoms with Crippen LogP contribution in [0.4, 0.5) is 4.39 Å². The summed E-state index contributed by atoms with van der Waals surface area (Å²) in [7, 11) is 0. The molecule has 1 nitrogen and oxygen atoms in total. The lowest BCUT2D eigenvalue weighted by Gasteiger charge is -2.32. The summed E-state index contributed by atoms with van der Waals surface area (Å²) in [4.78, 5) is 0. The molecule has 0 saturated carbocycles. The van der Waals surface area contributed by atoms with E-state index in [1.807, 2.05) is 24.8 Å². The van der Waals surface area contributed by atoms with Crippen LogP contribution < -0.4 is 0 Å². The predicted molar refractivity (Wildman–Crippen MR) is 61.6 cm³/mol. The van der Waals surface area contributed by atoms with Gasteiger partial charge in [0.15, 0.2) is 0 Å². The molecule has 1 N–H and O–H groups in total. The van der Waals surface area contributed by atoms with E-state index >= 15 is 0 Å². The average molecular weight is 226 g/mol. The van der Waals surface area contributed by atoms with Gasteiger partial charge in [-0.25, -0.2) is 4.39 Å². The molecular weight excluding hydrogens is 211 g/mol. The third-order valence-corrected chi connectivity index (χ3v) is 3.89. The van der Waals surface area contributed by atoms with Crippen LogP contribution in [-0.2, 0) is 5.60 Å². The molecule has 0 spiro atoms. The maximum absolute atomic E-state index is 13.2. The Labute approximate surface area is 93.7 Å². The first-order chi connectivity index (χ1) is 7.10. The van der Waals surface area contributed by atoms with E-state index < -0.39 is 5.60 Å². The zero-order valence-corrected chi connectivity index (χ0v) is 9.61. The van der Waals surface area contributed by atoms with E-state index in [4.69, 9.17) is 0 Å². The molecule has 0 atom stereocenters. The highest BCUT2D eigenvalue weighted by Gasteiger charge is 2.31. The van der Waals surface area contributed by atoms with Gasteiger partial charge in [-0.3, -0.25) is 0 Å². The van der Waals surface area contributed by atoms with Crippen LogP contribution in [0.1, 0.15) is 24.0 Å². The number of hydrogen-bond acceptors (Lipinski definition) is 2. The molecule has 1 aliphatic rings. The van der Waals surface area contributed by atoms with Crippen LogP contribution in [-0.4, -0.2) is 16.6 Å². The first kappa shape index (κ1) is 11.0. The molecule has 0 amide bonds. The molecule has 0 aromatic heterocycles. The summed E-state index contributed by atoms with van der Waals surface area (Å²) in [5.41, 5.74) is 0.801. The van der Waals surface area contributed by atoms with Crippen LogP contribution in [0, 0.1) is 12.7 Å². The number of thioether (sulfide) groups is 1. The van der Waals surface area contributed by atoms with E-state index in [-0.39, 0.29) is 5.82 Å². The summed E-state index contributed by atoms with van der Waals surface area (Å²) in [6.45, 7) is 1.85. The third kappa shape index (κ3) is 2.34. The number of benzene rings is 1. The first-order valence-corrected chi connectivity index (χ1v) is 6.33. The minimum atomic E-state index is -0.807. The maximum atomic E-state index is 13.2. The molecule has 1 fully saturated rings. The molecule has 0 bridgehead atoms. The monoisotopic (exact) mass is 226 g/mol. The van der Waals surface area contributed by atoms with Gasteiger partial charge in [-0.15, -0.1) is 0 Å². The second kappa shape index (κ2) is 4.14. The molecule has 3 heteroatoms. The summed E-state index contributed by atoms with van der Waals surface area (Å²) in [5.74, 6) is 1.65. The van der Waals surface area contributed by atoms with E-state index in [1.54, 1.807) is 0 Å². The Morgan fingerprint density at radius 1 is 1.27 bits per heavy atom. The number of aryl methyl sites for hydroxylation is 1. The topological polar surface area (TPSA) is 20.2 Å². The second-order valence-electron chi connectivity index (χ2n) is 4.16. The van der Waals surface area contributed by atoms with Crippen LogP contribution in [0.3, 0.4) is 0 Å². The van der Waals surface area contributed by atoms with Crippen molar-refractivity contribution in [1.82, 2.24) is 0 Å². The lowest BCUT2D eigenvalue weighted by atomic mass is 9.87. The molecule has 0 radical (unpaired) electrons. The Morgan fingerprint density at radius 3 is 2.53 bits per heavy atom. The first-order valence-electron chi connectivity index (χ1n) is 5.18. The fourth-order valence-corrected chi connectivity index (χ4v) is 3.17. The van der Waals surface area contributed by atoms with Crippen molar-refractivity contribution in [3.8, 4) is 0 Å². The van der Waals surface area contributed by atoms with Gasteiger partial charge in [0.05, 0.1) is 5.60 Å². The fraction of sp³-hybridized carbons (Fsp3) is 0.500. The molecule has 1 saturated heterocycles. The summed E-state index contributed by atoms with van der Waals surface area (Å²) >= 11 is 1.85. The SMILES string of the molecule is Cc1cc(F)cc(C2(O)CCSCC2)c1. The predicted octanol–water partition coefficient (Wildman–Crippen LogP) is 2.85. The Morgan fingerprint density at radius 2 is 1.93 bits per heavy atom. The molecule has 1 aromatic rings. The van der Waals surface area contributed by atoms with Crippen molar-refractivity contribution in [3.63, 3.8) is 0 Å². The molecule has 2 rings (SSSR count). The zero-order chi connectivity index (χ0) is 10.9. The van der Waals surface area contributed by atoms with Gasteiger partial charge in [0.25, 0.3) is 0 Å². The van der Waals surface area contributed by atoms with Crippen molar-refractivity contribution >= 4 is 11.8 Å². The number of aliphatic hydroxyl groups is 1. The minimum Gasteiger partial charge on any atom is -0.385 e. The molecule has 1 heterocycles. The molecular formula is C12H15FOS. The zero-order valence-electron chi connectivity index (χ0n) is 8.79. The molecule has 82 valence electrons. The van der Waals surface area contributed by atoms with Gasteiger partial charge in [-0.1, -0.05) is 6.07 Å². The maximum Gasteiger partial charge on any atom is 0.123 e.